The molecule has 2 aromatic rings. The summed E-state index contributed by atoms with van der Waals surface area (Å²) in [6, 6.07) is 11.6. The van der Waals surface area contributed by atoms with Crippen LogP contribution in [0.3, 0.4) is 0 Å². The highest BCUT2D eigenvalue weighted by molar-refractivity contribution is 8.00. The van der Waals surface area contributed by atoms with Gasteiger partial charge < -0.3 is 10.1 Å². The normalized spacial score (nSPS) is 11.8. The number of carbonyl (C=O) groups is 1. The van der Waals surface area contributed by atoms with Crippen LogP contribution < -0.4 is 10.1 Å². The lowest BCUT2D eigenvalue weighted by atomic mass is 10.3. The van der Waals surface area contributed by atoms with Crippen molar-refractivity contribution in [2.45, 2.75) is 17.1 Å². The predicted molar refractivity (Wildman–Crippen MR) is 88.4 cm³/mol. The van der Waals surface area contributed by atoms with Crippen LogP contribution in [0.5, 0.6) is 5.75 Å². The van der Waals surface area contributed by atoms with Crippen molar-refractivity contribution in [1.82, 2.24) is 0 Å². The predicted octanol–water partition coefficient (Wildman–Crippen LogP) is 4.61. The van der Waals surface area contributed by atoms with Crippen LogP contribution in [0.4, 0.5) is 10.1 Å². The van der Waals surface area contributed by atoms with Crippen LogP contribution >= 0.6 is 23.4 Å². The molecule has 6 heteroatoms. The highest BCUT2D eigenvalue weighted by atomic mass is 35.5. The minimum atomic E-state index is -0.475. The Morgan fingerprint density at radius 2 is 2.05 bits per heavy atom. The number of hydrogen-bond acceptors (Lipinski definition) is 3. The van der Waals surface area contributed by atoms with Crippen LogP contribution in [0.25, 0.3) is 0 Å². The number of ether oxygens (including phenoxy) is 1. The molecule has 0 saturated heterocycles. The molecular weight excluding hydrogens is 325 g/mol. The number of para-hydroxylation sites is 2. The Kier molecular flexibility index (Phi) is 5.69. The molecule has 1 unspecified atom stereocenters. The molecule has 0 bridgehead atoms. The Balaban J connectivity index is 2.04. The maximum atomic E-state index is 13.1. The SMILES string of the molecule is COc1ccccc1NC(=O)C(C)Sc1ccc(F)c(Cl)c1. The molecule has 0 fully saturated rings. The second kappa shape index (κ2) is 7.51. The topological polar surface area (TPSA) is 38.3 Å². The maximum Gasteiger partial charge on any atom is 0.237 e. The first-order valence-corrected chi connectivity index (χ1v) is 7.82. The smallest absolute Gasteiger partial charge is 0.237 e. The molecule has 1 amide bonds. The van der Waals surface area contributed by atoms with E-state index in [-0.39, 0.29) is 16.2 Å². The van der Waals surface area contributed by atoms with Crippen LogP contribution in [-0.4, -0.2) is 18.3 Å². The van der Waals surface area contributed by atoms with E-state index in [4.69, 9.17) is 16.3 Å². The summed E-state index contributed by atoms with van der Waals surface area (Å²) in [5, 5.41) is 2.49. The van der Waals surface area contributed by atoms with Gasteiger partial charge in [0.05, 0.1) is 23.1 Å². The molecule has 1 N–H and O–H groups in total. The lowest BCUT2D eigenvalue weighted by Crippen LogP contribution is -2.22. The van der Waals surface area contributed by atoms with Crippen LogP contribution in [0.2, 0.25) is 5.02 Å². The summed E-state index contributed by atoms with van der Waals surface area (Å²) in [4.78, 5) is 13.0. The van der Waals surface area contributed by atoms with E-state index in [0.717, 1.165) is 4.90 Å². The third-order valence-electron chi connectivity index (χ3n) is 2.94. The van der Waals surface area contributed by atoms with Crippen molar-refractivity contribution in [3.63, 3.8) is 0 Å². The van der Waals surface area contributed by atoms with Gasteiger partial charge in [-0.1, -0.05) is 23.7 Å². The molecule has 0 heterocycles. The Labute approximate surface area is 137 Å². The summed E-state index contributed by atoms with van der Waals surface area (Å²) in [5.74, 6) is -0.0510. The van der Waals surface area contributed by atoms with E-state index < -0.39 is 5.82 Å². The summed E-state index contributed by atoms with van der Waals surface area (Å²) in [5.41, 5.74) is 0.611. The van der Waals surface area contributed by atoms with E-state index in [1.807, 2.05) is 12.1 Å². The standard InChI is InChI=1S/C16H15ClFNO2S/c1-10(22-11-7-8-13(18)12(17)9-11)16(20)19-14-5-3-4-6-15(14)21-2/h3-10H,1-2H3,(H,19,20). The number of methoxy groups -OCH3 is 1. The summed E-state index contributed by atoms with van der Waals surface area (Å²) < 4.78 is 18.3. The fourth-order valence-corrected chi connectivity index (χ4v) is 2.94. The monoisotopic (exact) mass is 339 g/mol. The van der Waals surface area contributed by atoms with Gasteiger partial charge in [0.25, 0.3) is 0 Å². The van der Waals surface area contributed by atoms with E-state index in [2.05, 4.69) is 5.32 Å². The lowest BCUT2D eigenvalue weighted by Gasteiger charge is -2.14. The number of halogens is 2. The first kappa shape index (κ1) is 16.6. The molecule has 0 aromatic heterocycles. The first-order chi connectivity index (χ1) is 10.5. The Morgan fingerprint density at radius 3 is 2.73 bits per heavy atom. The number of anilines is 1. The third kappa shape index (κ3) is 4.15. The molecule has 0 spiro atoms. The van der Waals surface area contributed by atoms with Gasteiger partial charge in [0.15, 0.2) is 0 Å². The summed E-state index contributed by atoms with van der Waals surface area (Å²) >= 11 is 7.04. The van der Waals surface area contributed by atoms with Crippen molar-refractivity contribution in [1.29, 1.82) is 0 Å². The fraction of sp³-hybridized carbons (Fsp3) is 0.188. The molecule has 0 saturated carbocycles. The number of thioether (sulfide) groups is 1. The summed E-state index contributed by atoms with van der Waals surface area (Å²) in [7, 11) is 1.55. The second-order valence-electron chi connectivity index (χ2n) is 4.53. The minimum Gasteiger partial charge on any atom is -0.495 e. The van der Waals surface area contributed by atoms with Gasteiger partial charge in [0, 0.05) is 4.90 Å². The number of nitrogens with one attached hydrogen (secondary N) is 1. The zero-order chi connectivity index (χ0) is 16.1. The van der Waals surface area contributed by atoms with Crippen molar-refractivity contribution in [3.05, 3.63) is 53.3 Å². The zero-order valence-electron chi connectivity index (χ0n) is 12.1. The molecule has 1 atom stereocenters. The maximum absolute atomic E-state index is 13.1. The molecule has 0 aliphatic carbocycles. The van der Waals surface area contributed by atoms with E-state index in [1.165, 1.54) is 23.9 Å². The van der Waals surface area contributed by atoms with Crippen LogP contribution in [0, 0.1) is 5.82 Å². The van der Waals surface area contributed by atoms with Gasteiger partial charge in [-0.25, -0.2) is 4.39 Å². The highest BCUT2D eigenvalue weighted by Gasteiger charge is 2.16. The molecule has 2 aromatic carbocycles. The number of amides is 1. The highest BCUT2D eigenvalue weighted by Crippen LogP contribution is 2.29. The van der Waals surface area contributed by atoms with Crippen LogP contribution in [0.15, 0.2) is 47.4 Å². The van der Waals surface area contributed by atoms with Crippen LogP contribution in [0.1, 0.15) is 6.92 Å². The number of hydrogen-bond donors (Lipinski definition) is 1. The number of carbonyl (C=O) groups excluding carboxylic acids is 1. The van der Waals surface area contributed by atoms with Gasteiger partial charge in [0.1, 0.15) is 11.6 Å². The quantitative estimate of drug-likeness (QED) is 0.808. The largest absolute Gasteiger partial charge is 0.495 e. The van der Waals surface area contributed by atoms with Gasteiger partial charge in [-0.15, -0.1) is 11.8 Å². The number of benzene rings is 2. The average molecular weight is 340 g/mol. The summed E-state index contributed by atoms with van der Waals surface area (Å²) in [6.45, 7) is 1.77. The summed E-state index contributed by atoms with van der Waals surface area (Å²) in [6.07, 6.45) is 0. The van der Waals surface area contributed by atoms with Crippen molar-refractivity contribution in [2.75, 3.05) is 12.4 Å². The molecule has 0 radical (unpaired) electrons. The fourth-order valence-electron chi connectivity index (χ4n) is 1.79. The molecule has 0 aliphatic rings. The molecular formula is C16H15ClFNO2S. The van der Waals surface area contributed by atoms with Gasteiger partial charge >= 0.3 is 0 Å². The van der Waals surface area contributed by atoms with E-state index in [9.17, 15) is 9.18 Å². The van der Waals surface area contributed by atoms with Crippen molar-refractivity contribution in [3.8, 4) is 5.75 Å². The van der Waals surface area contributed by atoms with Gasteiger partial charge in [-0.2, -0.15) is 0 Å². The van der Waals surface area contributed by atoms with E-state index in [1.54, 1.807) is 32.2 Å². The molecule has 3 nitrogen and oxygen atoms in total. The van der Waals surface area contributed by atoms with E-state index >= 15 is 0 Å². The van der Waals surface area contributed by atoms with E-state index in [0.29, 0.717) is 11.4 Å². The number of rotatable bonds is 5. The minimum absolute atomic E-state index is 0.0438. The Bertz CT molecular complexity index is 681. The first-order valence-electron chi connectivity index (χ1n) is 6.57. The van der Waals surface area contributed by atoms with Crippen LogP contribution in [-0.2, 0) is 4.79 Å². The van der Waals surface area contributed by atoms with Gasteiger partial charge in [-0.3, -0.25) is 4.79 Å². The van der Waals surface area contributed by atoms with Crippen molar-refractivity contribution < 1.29 is 13.9 Å². The second-order valence-corrected chi connectivity index (χ2v) is 6.35. The molecule has 0 aliphatic heterocycles. The van der Waals surface area contributed by atoms with Gasteiger partial charge in [0.2, 0.25) is 5.91 Å². The van der Waals surface area contributed by atoms with Gasteiger partial charge in [-0.05, 0) is 37.3 Å². The van der Waals surface area contributed by atoms with Crippen molar-refractivity contribution >= 4 is 35.0 Å². The molecule has 22 heavy (non-hydrogen) atoms. The third-order valence-corrected chi connectivity index (χ3v) is 4.32. The Hall–Kier alpha value is -1.72. The Morgan fingerprint density at radius 1 is 1.32 bits per heavy atom. The molecule has 116 valence electrons. The lowest BCUT2D eigenvalue weighted by molar-refractivity contribution is -0.115. The van der Waals surface area contributed by atoms with Crippen molar-refractivity contribution in [2.24, 2.45) is 0 Å². The average Bonchev–Trinajstić information content (AvgIpc) is 2.51. The molecule has 2 rings (SSSR count). The zero-order valence-corrected chi connectivity index (χ0v) is 13.7.